The van der Waals surface area contributed by atoms with Gasteiger partial charge in [-0.15, -0.1) is 0 Å². The van der Waals surface area contributed by atoms with Crippen molar-refractivity contribution in [3.63, 3.8) is 0 Å². The number of pyridine rings is 3. The molecule has 0 aliphatic rings. The molecular weight excluding hydrogens is 422 g/mol. The molecule has 0 saturated heterocycles. The third-order valence-electron chi connectivity index (χ3n) is 5.84. The number of aromatic amines is 2. The molecule has 0 aliphatic heterocycles. The summed E-state index contributed by atoms with van der Waals surface area (Å²) in [6.07, 6.45) is 9.21. The van der Waals surface area contributed by atoms with E-state index in [9.17, 15) is 0 Å². The van der Waals surface area contributed by atoms with Crippen LogP contribution in [0.5, 0.6) is 0 Å². The van der Waals surface area contributed by atoms with Crippen LogP contribution in [0.4, 0.5) is 5.69 Å². The number of anilines is 1. The number of nitrogens with one attached hydrogen (secondary N) is 3. The Morgan fingerprint density at radius 3 is 2.56 bits per heavy atom. The molecule has 0 amide bonds. The summed E-state index contributed by atoms with van der Waals surface area (Å²) in [5.74, 6) is 0. The molecule has 3 N–H and O–H groups in total. The van der Waals surface area contributed by atoms with Crippen molar-refractivity contribution in [3.05, 3.63) is 79.5 Å². The summed E-state index contributed by atoms with van der Waals surface area (Å²) in [5.41, 5.74) is 8.79. The van der Waals surface area contributed by atoms with Gasteiger partial charge in [-0.05, 0) is 49.7 Å². The maximum absolute atomic E-state index is 4.60. The maximum atomic E-state index is 4.60. The Morgan fingerprint density at radius 2 is 1.71 bits per heavy atom. The Kier molecular flexibility index (Phi) is 4.80. The maximum Gasteiger partial charge on any atom is 0.181 e. The molecule has 6 rings (SSSR count). The Labute approximate surface area is 196 Å². The van der Waals surface area contributed by atoms with Gasteiger partial charge in [-0.1, -0.05) is 18.2 Å². The molecule has 7 heteroatoms. The molecule has 34 heavy (non-hydrogen) atoms. The van der Waals surface area contributed by atoms with Crippen molar-refractivity contribution in [2.45, 2.75) is 19.9 Å². The smallest absolute Gasteiger partial charge is 0.181 e. The molecule has 0 unspecified atom stereocenters. The number of hydrogen-bond donors (Lipinski definition) is 3. The molecule has 0 fully saturated rings. The number of hydrogen-bond acceptors (Lipinski definition) is 5. The van der Waals surface area contributed by atoms with Crippen LogP contribution in [0, 0.1) is 0 Å². The van der Waals surface area contributed by atoms with E-state index in [0.29, 0.717) is 11.7 Å². The number of H-pyrrole nitrogens is 2. The Morgan fingerprint density at radius 1 is 0.824 bits per heavy atom. The van der Waals surface area contributed by atoms with Crippen LogP contribution in [0.15, 0.2) is 79.5 Å². The van der Waals surface area contributed by atoms with Crippen molar-refractivity contribution in [2.75, 3.05) is 5.32 Å². The highest BCUT2D eigenvalue weighted by atomic mass is 15.2. The largest absolute Gasteiger partial charge is 0.382 e. The number of nitrogens with zero attached hydrogens (tertiary/aromatic N) is 4. The van der Waals surface area contributed by atoms with Crippen LogP contribution < -0.4 is 5.32 Å². The summed E-state index contributed by atoms with van der Waals surface area (Å²) in [6.45, 7) is 4.22. The van der Waals surface area contributed by atoms with Gasteiger partial charge in [0.25, 0.3) is 0 Å². The van der Waals surface area contributed by atoms with Gasteiger partial charge in [0.1, 0.15) is 0 Å². The Hall–Kier alpha value is -4.52. The first kappa shape index (κ1) is 20.1. The van der Waals surface area contributed by atoms with Crippen molar-refractivity contribution < 1.29 is 0 Å². The minimum Gasteiger partial charge on any atom is -0.382 e. The molecular formula is C27H23N7. The number of fused-ring (bicyclic) bond motifs is 2. The second-order valence-corrected chi connectivity index (χ2v) is 8.65. The molecule has 0 radical (unpaired) electrons. The van der Waals surface area contributed by atoms with E-state index in [1.165, 1.54) is 0 Å². The first-order chi connectivity index (χ1) is 16.7. The summed E-state index contributed by atoms with van der Waals surface area (Å²) < 4.78 is 0. The van der Waals surface area contributed by atoms with E-state index in [0.717, 1.165) is 55.6 Å². The van der Waals surface area contributed by atoms with Crippen molar-refractivity contribution in [3.8, 4) is 33.6 Å². The van der Waals surface area contributed by atoms with Crippen LogP contribution in [-0.4, -0.2) is 36.2 Å². The monoisotopic (exact) mass is 445 g/mol. The van der Waals surface area contributed by atoms with Gasteiger partial charge >= 0.3 is 0 Å². The predicted molar refractivity (Wildman–Crippen MR) is 136 cm³/mol. The van der Waals surface area contributed by atoms with Gasteiger partial charge in [0.05, 0.1) is 17.1 Å². The summed E-state index contributed by atoms with van der Waals surface area (Å²) in [6, 6.07) is 17.0. The number of rotatable bonds is 5. The predicted octanol–water partition coefficient (Wildman–Crippen LogP) is 6.05. The lowest BCUT2D eigenvalue weighted by Crippen LogP contribution is -2.09. The average molecular weight is 446 g/mol. The van der Waals surface area contributed by atoms with Crippen molar-refractivity contribution in [1.82, 2.24) is 30.1 Å². The van der Waals surface area contributed by atoms with E-state index in [4.69, 9.17) is 0 Å². The fourth-order valence-electron chi connectivity index (χ4n) is 4.34. The number of aromatic nitrogens is 6. The van der Waals surface area contributed by atoms with Gasteiger partial charge in [0.15, 0.2) is 5.65 Å². The van der Waals surface area contributed by atoms with Crippen LogP contribution in [0.25, 0.3) is 55.6 Å². The van der Waals surface area contributed by atoms with E-state index in [1.54, 1.807) is 6.20 Å². The second-order valence-electron chi connectivity index (χ2n) is 8.65. The van der Waals surface area contributed by atoms with Gasteiger partial charge in [-0.3, -0.25) is 15.1 Å². The molecule has 0 spiro atoms. The van der Waals surface area contributed by atoms with Crippen molar-refractivity contribution in [2.24, 2.45) is 0 Å². The highest BCUT2D eigenvalue weighted by Crippen LogP contribution is 2.34. The average Bonchev–Trinajstić information content (AvgIpc) is 3.48. The van der Waals surface area contributed by atoms with Crippen LogP contribution in [0.2, 0.25) is 0 Å². The lowest BCUT2D eigenvalue weighted by molar-refractivity contribution is 0.898. The molecule has 0 atom stereocenters. The fourth-order valence-corrected chi connectivity index (χ4v) is 4.34. The van der Waals surface area contributed by atoms with Crippen LogP contribution in [-0.2, 0) is 0 Å². The lowest BCUT2D eigenvalue weighted by atomic mass is 10.0. The Bertz CT molecular complexity index is 1610. The quantitative estimate of drug-likeness (QED) is 0.300. The second kappa shape index (κ2) is 8.12. The van der Waals surface area contributed by atoms with Gasteiger partial charge in [-0.2, -0.15) is 5.10 Å². The van der Waals surface area contributed by atoms with Crippen molar-refractivity contribution in [1.29, 1.82) is 0 Å². The van der Waals surface area contributed by atoms with Crippen molar-refractivity contribution >= 4 is 27.6 Å². The lowest BCUT2D eigenvalue weighted by Gasteiger charge is -2.10. The zero-order valence-electron chi connectivity index (χ0n) is 18.9. The molecule has 6 aromatic rings. The summed E-state index contributed by atoms with van der Waals surface area (Å²) in [4.78, 5) is 16.8. The molecule has 166 valence electrons. The highest BCUT2D eigenvalue weighted by Gasteiger charge is 2.15. The zero-order chi connectivity index (χ0) is 23.1. The Balaban J connectivity index is 1.45. The molecule has 0 aliphatic carbocycles. The molecule has 5 heterocycles. The minimum absolute atomic E-state index is 0.330. The molecule has 0 saturated carbocycles. The molecule has 5 aromatic heterocycles. The SMILES string of the molecule is CC(C)Nc1cncc(-c2cnc3n[nH]c(-c4cc5c(-c6cccnc6)cccc5[nH]4)c3c2)c1. The summed E-state index contributed by atoms with van der Waals surface area (Å²) in [5, 5.41) is 13.1. The highest BCUT2D eigenvalue weighted by molar-refractivity contribution is 6.01. The minimum atomic E-state index is 0.330. The summed E-state index contributed by atoms with van der Waals surface area (Å²) in [7, 11) is 0. The third-order valence-corrected chi connectivity index (χ3v) is 5.84. The van der Waals surface area contributed by atoms with E-state index < -0.39 is 0 Å². The zero-order valence-corrected chi connectivity index (χ0v) is 18.9. The summed E-state index contributed by atoms with van der Waals surface area (Å²) >= 11 is 0. The first-order valence-electron chi connectivity index (χ1n) is 11.2. The molecule has 7 nitrogen and oxygen atoms in total. The standard InChI is InChI=1S/C27H23N7/c1-16(2)31-20-9-18(13-29-15-20)19-10-23-26(33-34-27(23)30-14-19)25-11-22-21(6-3-7-24(22)32-25)17-5-4-8-28-12-17/h3-16,31-32H,1-2H3,(H,30,33,34). The van der Waals surface area contributed by atoms with Gasteiger partial charge in [-0.25, -0.2) is 4.98 Å². The van der Waals surface area contributed by atoms with Crippen LogP contribution in [0.3, 0.4) is 0 Å². The van der Waals surface area contributed by atoms with E-state index in [1.807, 2.05) is 30.9 Å². The van der Waals surface area contributed by atoms with Gasteiger partial charge in [0, 0.05) is 70.0 Å². The van der Waals surface area contributed by atoms with E-state index >= 15 is 0 Å². The van der Waals surface area contributed by atoms with Gasteiger partial charge in [0.2, 0.25) is 0 Å². The van der Waals surface area contributed by atoms with Crippen LogP contribution >= 0.6 is 0 Å². The fraction of sp³-hybridized carbons (Fsp3) is 0.111. The normalized spacial score (nSPS) is 11.5. The van der Waals surface area contributed by atoms with Crippen LogP contribution in [0.1, 0.15) is 13.8 Å². The number of benzene rings is 1. The molecule has 0 bridgehead atoms. The van der Waals surface area contributed by atoms with E-state index in [-0.39, 0.29) is 0 Å². The third kappa shape index (κ3) is 3.57. The van der Waals surface area contributed by atoms with E-state index in [2.05, 4.69) is 91.8 Å². The first-order valence-corrected chi connectivity index (χ1v) is 11.2. The topological polar surface area (TPSA) is 95.2 Å². The van der Waals surface area contributed by atoms with Gasteiger partial charge < -0.3 is 10.3 Å². The molecule has 1 aromatic carbocycles.